The molecule has 0 spiro atoms. The molecule has 0 unspecified atom stereocenters. The van der Waals surface area contributed by atoms with Gasteiger partial charge in [-0.25, -0.2) is 0 Å². The van der Waals surface area contributed by atoms with Crippen molar-refractivity contribution in [2.75, 3.05) is 13.1 Å². The molecule has 1 N–H and O–H groups in total. The molecule has 1 aromatic carbocycles. The Kier molecular flexibility index (Phi) is 4.60. The molecule has 2 fully saturated rings. The number of aliphatic carboxylic acids is 1. The minimum Gasteiger partial charge on any atom is -0.481 e. The molecule has 0 amide bonds. The normalized spacial score (nSPS) is 27.4. The highest BCUT2D eigenvalue weighted by Crippen LogP contribution is 2.49. The van der Waals surface area contributed by atoms with Gasteiger partial charge in [-0.3, -0.25) is 9.69 Å². The van der Waals surface area contributed by atoms with Crippen molar-refractivity contribution in [2.24, 2.45) is 11.3 Å². The summed E-state index contributed by atoms with van der Waals surface area (Å²) in [6.45, 7) is -0.913. The maximum atomic E-state index is 12.3. The molecule has 0 aromatic heterocycles. The predicted octanol–water partition coefficient (Wildman–Crippen LogP) is 3.74. The van der Waals surface area contributed by atoms with E-state index in [9.17, 15) is 18.7 Å². The second kappa shape index (κ2) is 6.36. The first-order chi connectivity index (χ1) is 10.9. The van der Waals surface area contributed by atoms with Crippen molar-refractivity contribution >= 4 is 21.9 Å². The van der Waals surface area contributed by atoms with Gasteiger partial charge in [0, 0.05) is 19.6 Å². The Morgan fingerprint density at radius 3 is 2.91 bits per heavy atom. The molecule has 1 saturated carbocycles. The quantitative estimate of drug-likeness (QED) is 0.833. The van der Waals surface area contributed by atoms with Crippen LogP contribution in [0, 0.1) is 11.3 Å². The van der Waals surface area contributed by atoms with Gasteiger partial charge in [0.15, 0.2) is 0 Å². The number of rotatable bonds is 5. The van der Waals surface area contributed by atoms with Crippen LogP contribution in [0.2, 0.25) is 0 Å². The topological polar surface area (TPSA) is 49.8 Å². The second-order valence-electron chi connectivity index (χ2n) is 6.36. The average Bonchev–Trinajstić information content (AvgIpc) is 2.99. The number of hydrogen-bond acceptors (Lipinski definition) is 3. The van der Waals surface area contributed by atoms with Gasteiger partial charge in [0.2, 0.25) is 0 Å². The highest BCUT2D eigenvalue weighted by molar-refractivity contribution is 9.10. The smallest absolute Gasteiger partial charge is 0.387 e. The molecule has 4 nitrogen and oxygen atoms in total. The van der Waals surface area contributed by atoms with Gasteiger partial charge in [0.05, 0.1) is 9.89 Å². The third kappa shape index (κ3) is 3.21. The van der Waals surface area contributed by atoms with E-state index in [0.717, 1.165) is 31.4 Å². The van der Waals surface area contributed by atoms with E-state index in [1.54, 1.807) is 12.1 Å². The number of likely N-dealkylation sites (tertiary alicyclic amines) is 1. The van der Waals surface area contributed by atoms with Gasteiger partial charge in [0.25, 0.3) is 0 Å². The number of halogens is 3. The first-order valence-electron chi connectivity index (χ1n) is 7.60. The molecule has 23 heavy (non-hydrogen) atoms. The highest BCUT2D eigenvalue weighted by Gasteiger charge is 2.54. The molecule has 1 heterocycles. The van der Waals surface area contributed by atoms with Crippen LogP contribution in [0.25, 0.3) is 0 Å². The van der Waals surface area contributed by atoms with Crippen LogP contribution in [-0.4, -0.2) is 35.7 Å². The molecule has 2 aliphatic rings. The number of nitrogens with zero attached hydrogens (tertiary/aromatic N) is 1. The average molecular weight is 390 g/mol. The second-order valence-corrected chi connectivity index (χ2v) is 7.22. The van der Waals surface area contributed by atoms with Crippen LogP contribution in [0.15, 0.2) is 22.7 Å². The Morgan fingerprint density at radius 1 is 1.52 bits per heavy atom. The zero-order valence-electron chi connectivity index (χ0n) is 12.5. The molecule has 2 atom stereocenters. The van der Waals surface area contributed by atoms with Crippen LogP contribution in [0.4, 0.5) is 8.78 Å². The molecule has 1 aliphatic heterocycles. The van der Waals surface area contributed by atoms with Gasteiger partial charge >= 0.3 is 12.6 Å². The minimum atomic E-state index is -2.86. The van der Waals surface area contributed by atoms with Gasteiger partial charge < -0.3 is 9.84 Å². The van der Waals surface area contributed by atoms with Crippen LogP contribution in [0.5, 0.6) is 5.75 Å². The Labute approximate surface area is 141 Å². The fraction of sp³-hybridized carbons (Fsp3) is 0.562. The van der Waals surface area contributed by atoms with E-state index in [1.165, 1.54) is 6.07 Å². The Balaban J connectivity index is 1.69. The van der Waals surface area contributed by atoms with E-state index in [2.05, 4.69) is 25.6 Å². The summed E-state index contributed by atoms with van der Waals surface area (Å²) < 4.78 is 29.4. The summed E-state index contributed by atoms with van der Waals surface area (Å²) in [7, 11) is 0. The third-order valence-corrected chi connectivity index (χ3v) is 5.61. The standard InChI is InChI=1S/C16H18BrF2NO3/c17-12-6-10(3-4-13(12)23-15(18)19)7-20-8-11-2-1-5-16(11,9-20)14(21)22/h3-4,6,11,15H,1-2,5,7-9H2,(H,21,22)/t11-,16+/m0/s1. The van der Waals surface area contributed by atoms with Crippen LogP contribution in [0.3, 0.4) is 0 Å². The lowest BCUT2D eigenvalue weighted by Crippen LogP contribution is -2.35. The zero-order valence-corrected chi connectivity index (χ0v) is 14.1. The molecule has 126 valence electrons. The number of carboxylic acid groups (broad SMARTS) is 1. The Bertz CT molecular complexity index is 613. The molecule has 7 heteroatoms. The number of ether oxygens (including phenoxy) is 1. The summed E-state index contributed by atoms with van der Waals surface area (Å²) in [6, 6.07) is 5.00. The van der Waals surface area contributed by atoms with E-state index < -0.39 is 18.0 Å². The maximum Gasteiger partial charge on any atom is 0.387 e. The van der Waals surface area contributed by atoms with Crippen molar-refractivity contribution in [3.63, 3.8) is 0 Å². The molecule has 0 bridgehead atoms. The van der Waals surface area contributed by atoms with Crippen molar-refractivity contribution in [1.29, 1.82) is 0 Å². The zero-order chi connectivity index (χ0) is 16.6. The van der Waals surface area contributed by atoms with Gasteiger partial charge in [-0.15, -0.1) is 0 Å². The molecule has 3 rings (SSSR count). The fourth-order valence-electron chi connectivity index (χ4n) is 3.96. The Hall–Kier alpha value is -1.21. The van der Waals surface area contributed by atoms with Crippen molar-refractivity contribution in [3.8, 4) is 5.75 Å². The van der Waals surface area contributed by atoms with Gasteiger partial charge in [-0.2, -0.15) is 8.78 Å². The summed E-state index contributed by atoms with van der Waals surface area (Å²) in [6.07, 6.45) is 2.69. The van der Waals surface area contributed by atoms with Crippen LogP contribution in [-0.2, 0) is 11.3 Å². The minimum absolute atomic E-state index is 0.101. The number of carbonyl (C=O) groups is 1. The fourth-order valence-corrected chi connectivity index (χ4v) is 4.48. The summed E-state index contributed by atoms with van der Waals surface area (Å²) in [5, 5.41) is 9.60. The van der Waals surface area contributed by atoms with E-state index in [1.807, 2.05) is 0 Å². The lowest BCUT2D eigenvalue weighted by Gasteiger charge is -2.23. The van der Waals surface area contributed by atoms with Crippen LogP contribution >= 0.6 is 15.9 Å². The van der Waals surface area contributed by atoms with Gasteiger partial charge in [0.1, 0.15) is 5.75 Å². The summed E-state index contributed by atoms with van der Waals surface area (Å²) in [5.74, 6) is -0.377. The van der Waals surface area contributed by atoms with E-state index in [4.69, 9.17) is 0 Å². The largest absolute Gasteiger partial charge is 0.481 e. The molecule has 1 aliphatic carbocycles. The lowest BCUT2D eigenvalue weighted by atomic mass is 9.81. The predicted molar refractivity (Wildman–Crippen MR) is 83.5 cm³/mol. The number of fused-ring (bicyclic) bond motifs is 1. The van der Waals surface area contributed by atoms with Crippen molar-refractivity contribution < 1.29 is 23.4 Å². The molecule has 0 radical (unpaired) electrons. The summed E-state index contributed by atoms with van der Waals surface area (Å²) in [4.78, 5) is 13.8. The maximum absolute atomic E-state index is 12.3. The molecule has 1 saturated heterocycles. The SMILES string of the molecule is O=C(O)[C@@]12CCC[C@H]1CN(Cc1ccc(OC(F)F)c(Br)c1)C2. The highest BCUT2D eigenvalue weighted by atomic mass is 79.9. The molecular formula is C16H18BrF2NO3. The number of benzene rings is 1. The van der Waals surface area contributed by atoms with Gasteiger partial charge in [-0.1, -0.05) is 12.5 Å². The number of alkyl halides is 2. The Morgan fingerprint density at radius 2 is 2.30 bits per heavy atom. The summed E-state index contributed by atoms with van der Waals surface area (Å²) >= 11 is 3.24. The number of hydrogen-bond donors (Lipinski definition) is 1. The van der Waals surface area contributed by atoms with Gasteiger partial charge in [-0.05, 0) is 52.4 Å². The van der Waals surface area contributed by atoms with E-state index in [0.29, 0.717) is 17.6 Å². The van der Waals surface area contributed by atoms with Crippen LogP contribution < -0.4 is 4.74 Å². The van der Waals surface area contributed by atoms with Crippen molar-refractivity contribution in [2.45, 2.75) is 32.4 Å². The number of carboxylic acids is 1. The molecule has 1 aromatic rings. The molecular weight excluding hydrogens is 372 g/mol. The van der Waals surface area contributed by atoms with Crippen molar-refractivity contribution in [3.05, 3.63) is 28.2 Å². The third-order valence-electron chi connectivity index (χ3n) is 4.99. The first-order valence-corrected chi connectivity index (χ1v) is 8.39. The summed E-state index contributed by atoms with van der Waals surface area (Å²) in [5.41, 5.74) is 0.342. The van der Waals surface area contributed by atoms with E-state index >= 15 is 0 Å². The van der Waals surface area contributed by atoms with Crippen LogP contribution in [0.1, 0.15) is 24.8 Å². The first kappa shape index (κ1) is 16.6. The van der Waals surface area contributed by atoms with E-state index in [-0.39, 0.29) is 11.7 Å². The monoisotopic (exact) mass is 389 g/mol. The lowest BCUT2D eigenvalue weighted by molar-refractivity contribution is -0.149. The van der Waals surface area contributed by atoms with Crippen molar-refractivity contribution in [1.82, 2.24) is 4.90 Å².